The fourth-order valence-electron chi connectivity index (χ4n) is 1.35. The van der Waals surface area contributed by atoms with Crippen LogP contribution in [0.25, 0.3) is 0 Å². The normalized spacial score (nSPS) is 12.8. The van der Waals surface area contributed by atoms with Crippen molar-refractivity contribution in [3.05, 3.63) is 29.6 Å². The van der Waals surface area contributed by atoms with E-state index in [9.17, 15) is 17.6 Å². The molecule has 1 atom stereocenters. The lowest BCUT2D eigenvalue weighted by Gasteiger charge is -2.17. The molecular weight excluding hydrogens is 262 g/mol. The Labute approximate surface area is 102 Å². The molecule has 2 N–H and O–H groups in total. The highest BCUT2D eigenvalue weighted by Crippen LogP contribution is 2.32. The minimum absolute atomic E-state index is 0. The van der Waals surface area contributed by atoms with E-state index in [0.717, 1.165) is 12.1 Å². The average Bonchev–Trinajstić information content (AvgIpc) is 2.15. The van der Waals surface area contributed by atoms with Crippen LogP contribution < -0.4 is 10.5 Å². The van der Waals surface area contributed by atoms with Gasteiger partial charge >= 0.3 is 6.18 Å². The highest BCUT2D eigenvalue weighted by atomic mass is 35.5. The number of halogens is 5. The first-order chi connectivity index (χ1) is 7.33. The van der Waals surface area contributed by atoms with Crippen molar-refractivity contribution in [2.75, 3.05) is 7.11 Å². The van der Waals surface area contributed by atoms with E-state index in [-0.39, 0.29) is 23.7 Å². The van der Waals surface area contributed by atoms with Gasteiger partial charge in [-0.2, -0.15) is 13.2 Å². The molecular formula is C10H12ClF4NO. The maximum absolute atomic E-state index is 12.9. The Bertz CT molecular complexity index is 370. The molecule has 0 amide bonds. The summed E-state index contributed by atoms with van der Waals surface area (Å²) in [5.74, 6) is -0.494. The van der Waals surface area contributed by atoms with Crippen LogP contribution in [0.5, 0.6) is 5.75 Å². The van der Waals surface area contributed by atoms with Crippen LogP contribution in [0.4, 0.5) is 17.6 Å². The molecule has 1 aromatic carbocycles. The Morgan fingerprint density at radius 3 is 2.41 bits per heavy atom. The number of alkyl halides is 3. The molecule has 0 aliphatic carbocycles. The van der Waals surface area contributed by atoms with Gasteiger partial charge < -0.3 is 10.5 Å². The number of hydrogen-bond donors (Lipinski definition) is 1. The molecule has 0 aliphatic rings. The third kappa shape index (κ3) is 4.79. The van der Waals surface area contributed by atoms with Crippen LogP contribution in [0.3, 0.4) is 0 Å². The standard InChI is InChI=1S/C10H11F4NO.ClH/c1-16-9-3-2-6(11)4-7(9)8(15)5-10(12,13)14;/h2-4,8H,5,15H2,1H3;1H/t8-;/m1./s1. The molecule has 1 aromatic rings. The zero-order valence-electron chi connectivity index (χ0n) is 8.92. The van der Waals surface area contributed by atoms with Gasteiger partial charge in [-0.3, -0.25) is 0 Å². The fourth-order valence-corrected chi connectivity index (χ4v) is 1.35. The highest BCUT2D eigenvalue weighted by molar-refractivity contribution is 5.85. The molecule has 0 heterocycles. The second-order valence-electron chi connectivity index (χ2n) is 3.31. The zero-order valence-corrected chi connectivity index (χ0v) is 9.74. The summed E-state index contributed by atoms with van der Waals surface area (Å²) >= 11 is 0. The van der Waals surface area contributed by atoms with Crippen LogP contribution in [0, 0.1) is 5.82 Å². The Kier molecular flexibility index (Phi) is 5.71. The van der Waals surface area contributed by atoms with Crippen molar-refractivity contribution in [2.24, 2.45) is 5.73 Å². The van der Waals surface area contributed by atoms with E-state index in [1.165, 1.54) is 13.2 Å². The molecule has 98 valence electrons. The molecule has 0 unspecified atom stereocenters. The Morgan fingerprint density at radius 1 is 1.35 bits per heavy atom. The first-order valence-electron chi connectivity index (χ1n) is 4.49. The minimum atomic E-state index is -4.39. The average molecular weight is 274 g/mol. The van der Waals surface area contributed by atoms with Crippen molar-refractivity contribution in [3.8, 4) is 5.75 Å². The van der Waals surface area contributed by atoms with Gasteiger partial charge in [-0.1, -0.05) is 0 Å². The number of rotatable bonds is 3. The minimum Gasteiger partial charge on any atom is -0.496 e. The van der Waals surface area contributed by atoms with E-state index in [0.29, 0.717) is 0 Å². The van der Waals surface area contributed by atoms with Gasteiger partial charge in [0.25, 0.3) is 0 Å². The molecule has 0 radical (unpaired) electrons. The molecule has 2 nitrogen and oxygen atoms in total. The third-order valence-corrected chi connectivity index (χ3v) is 2.04. The van der Waals surface area contributed by atoms with E-state index >= 15 is 0 Å². The largest absolute Gasteiger partial charge is 0.496 e. The Hall–Kier alpha value is -1.01. The number of hydrogen-bond acceptors (Lipinski definition) is 2. The van der Waals surface area contributed by atoms with Gasteiger partial charge in [-0.15, -0.1) is 12.4 Å². The van der Waals surface area contributed by atoms with Crippen LogP contribution in [0.2, 0.25) is 0 Å². The van der Waals surface area contributed by atoms with E-state index in [2.05, 4.69) is 0 Å². The second kappa shape index (κ2) is 6.07. The molecule has 0 spiro atoms. The lowest BCUT2D eigenvalue weighted by atomic mass is 10.0. The maximum Gasteiger partial charge on any atom is 0.390 e. The first kappa shape index (κ1) is 16.0. The first-order valence-corrected chi connectivity index (χ1v) is 4.49. The van der Waals surface area contributed by atoms with E-state index in [1.807, 2.05) is 0 Å². The molecule has 0 fully saturated rings. The molecule has 17 heavy (non-hydrogen) atoms. The Morgan fingerprint density at radius 2 is 1.94 bits per heavy atom. The van der Waals surface area contributed by atoms with Gasteiger partial charge in [-0.05, 0) is 18.2 Å². The van der Waals surface area contributed by atoms with Gasteiger partial charge in [0.05, 0.1) is 13.5 Å². The second-order valence-corrected chi connectivity index (χ2v) is 3.31. The van der Waals surface area contributed by atoms with Gasteiger partial charge in [-0.25, -0.2) is 4.39 Å². The van der Waals surface area contributed by atoms with Gasteiger partial charge in [0.15, 0.2) is 0 Å². The fraction of sp³-hybridized carbons (Fsp3) is 0.400. The zero-order chi connectivity index (χ0) is 12.3. The van der Waals surface area contributed by atoms with Crippen molar-refractivity contribution in [2.45, 2.75) is 18.6 Å². The summed E-state index contributed by atoms with van der Waals surface area (Å²) in [6, 6.07) is 1.98. The number of methoxy groups -OCH3 is 1. The van der Waals surface area contributed by atoms with Gasteiger partial charge in [0.1, 0.15) is 11.6 Å². The Balaban J connectivity index is 0.00000256. The summed E-state index contributed by atoms with van der Waals surface area (Å²) in [4.78, 5) is 0. The van der Waals surface area contributed by atoms with Crippen molar-refractivity contribution in [1.29, 1.82) is 0 Å². The SMILES string of the molecule is COc1ccc(F)cc1[C@H](N)CC(F)(F)F.Cl. The summed E-state index contributed by atoms with van der Waals surface area (Å²) in [6.07, 6.45) is -5.61. The van der Waals surface area contributed by atoms with Crippen LogP contribution in [0.1, 0.15) is 18.0 Å². The molecule has 0 aromatic heterocycles. The van der Waals surface area contributed by atoms with Crippen molar-refractivity contribution in [3.63, 3.8) is 0 Å². The van der Waals surface area contributed by atoms with Gasteiger partial charge in [0.2, 0.25) is 0 Å². The van der Waals surface area contributed by atoms with Crippen LogP contribution >= 0.6 is 12.4 Å². The summed E-state index contributed by atoms with van der Waals surface area (Å²) in [6.45, 7) is 0. The smallest absolute Gasteiger partial charge is 0.390 e. The predicted molar refractivity (Wildman–Crippen MR) is 57.8 cm³/mol. The van der Waals surface area contributed by atoms with Crippen LogP contribution in [-0.4, -0.2) is 13.3 Å². The highest BCUT2D eigenvalue weighted by Gasteiger charge is 2.32. The van der Waals surface area contributed by atoms with Crippen molar-refractivity contribution < 1.29 is 22.3 Å². The molecule has 0 saturated carbocycles. The maximum atomic E-state index is 12.9. The molecule has 7 heteroatoms. The number of ether oxygens (including phenoxy) is 1. The lowest BCUT2D eigenvalue weighted by Crippen LogP contribution is -2.20. The summed E-state index contributed by atoms with van der Waals surface area (Å²) < 4.78 is 54.0. The van der Waals surface area contributed by atoms with Crippen LogP contribution in [-0.2, 0) is 0 Å². The van der Waals surface area contributed by atoms with Crippen molar-refractivity contribution in [1.82, 2.24) is 0 Å². The number of benzene rings is 1. The molecule has 1 rings (SSSR count). The lowest BCUT2D eigenvalue weighted by molar-refractivity contribution is -0.138. The van der Waals surface area contributed by atoms with Gasteiger partial charge in [0, 0.05) is 11.6 Å². The molecule has 0 saturated heterocycles. The van der Waals surface area contributed by atoms with E-state index in [1.54, 1.807) is 0 Å². The third-order valence-electron chi connectivity index (χ3n) is 2.04. The quantitative estimate of drug-likeness (QED) is 0.859. The van der Waals surface area contributed by atoms with E-state index in [4.69, 9.17) is 10.5 Å². The molecule has 0 bridgehead atoms. The monoisotopic (exact) mass is 273 g/mol. The number of nitrogens with two attached hydrogens (primary N) is 1. The summed E-state index contributed by atoms with van der Waals surface area (Å²) in [5, 5.41) is 0. The summed E-state index contributed by atoms with van der Waals surface area (Å²) in [5.41, 5.74) is 5.37. The van der Waals surface area contributed by atoms with Crippen molar-refractivity contribution >= 4 is 12.4 Å². The van der Waals surface area contributed by atoms with Crippen LogP contribution in [0.15, 0.2) is 18.2 Å². The predicted octanol–water partition coefficient (Wildman–Crippen LogP) is 3.21. The topological polar surface area (TPSA) is 35.2 Å². The van der Waals surface area contributed by atoms with E-state index < -0.39 is 24.5 Å². The molecule has 0 aliphatic heterocycles. The summed E-state index contributed by atoms with van der Waals surface area (Å²) in [7, 11) is 1.29.